The molecule has 0 bridgehead atoms. The van der Waals surface area contributed by atoms with Gasteiger partial charge in [0.25, 0.3) is 0 Å². The number of carbonyl (C=O) groups excluding carboxylic acids is 1. The lowest BCUT2D eigenvalue weighted by atomic mass is 10.1. The lowest BCUT2D eigenvalue weighted by molar-refractivity contribution is -0.120. The van der Waals surface area contributed by atoms with E-state index >= 15 is 0 Å². The van der Waals surface area contributed by atoms with E-state index in [0.717, 1.165) is 16.8 Å². The number of nitrogens with one attached hydrogen (secondary N) is 1. The highest BCUT2D eigenvalue weighted by atomic mass is 32.2. The molecule has 1 amide bonds. The molecule has 0 atom stereocenters. The molecular formula is C17H22N2O4S. The van der Waals surface area contributed by atoms with E-state index in [1.807, 2.05) is 19.9 Å². The van der Waals surface area contributed by atoms with Crippen LogP contribution in [0.1, 0.15) is 29.0 Å². The highest BCUT2D eigenvalue weighted by Gasteiger charge is 2.14. The van der Waals surface area contributed by atoms with Gasteiger partial charge in [0.15, 0.2) is 9.84 Å². The molecule has 24 heavy (non-hydrogen) atoms. The molecule has 0 spiro atoms. The van der Waals surface area contributed by atoms with E-state index in [-0.39, 0.29) is 30.4 Å². The van der Waals surface area contributed by atoms with Crippen LogP contribution in [0.15, 0.2) is 34.9 Å². The van der Waals surface area contributed by atoms with E-state index in [9.17, 15) is 13.2 Å². The molecule has 7 heteroatoms. The fourth-order valence-electron chi connectivity index (χ4n) is 2.43. The van der Waals surface area contributed by atoms with Gasteiger partial charge in [0.2, 0.25) is 5.91 Å². The van der Waals surface area contributed by atoms with Crippen molar-refractivity contribution in [3.63, 3.8) is 0 Å². The number of carbonyl (C=O) groups is 1. The molecule has 0 aliphatic carbocycles. The normalized spacial score (nSPS) is 11.4. The van der Waals surface area contributed by atoms with Crippen LogP contribution in [0.4, 0.5) is 0 Å². The maximum Gasteiger partial charge on any atom is 0.220 e. The zero-order valence-electron chi connectivity index (χ0n) is 13.9. The topological polar surface area (TPSA) is 89.3 Å². The van der Waals surface area contributed by atoms with E-state index in [1.165, 1.54) is 0 Å². The Balaban J connectivity index is 1.74. The summed E-state index contributed by atoms with van der Waals surface area (Å²) in [5.74, 6) is 0.456. The fourth-order valence-corrected chi connectivity index (χ4v) is 3.69. The minimum Gasteiger partial charge on any atom is -0.361 e. The van der Waals surface area contributed by atoms with E-state index in [4.69, 9.17) is 4.52 Å². The number of nitrogens with zero attached hydrogens (tertiary/aromatic N) is 1. The van der Waals surface area contributed by atoms with Crippen molar-refractivity contribution in [2.75, 3.05) is 12.3 Å². The van der Waals surface area contributed by atoms with Crippen molar-refractivity contribution in [1.82, 2.24) is 10.5 Å². The van der Waals surface area contributed by atoms with E-state index in [2.05, 4.69) is 10.5 Å². The second kappa shape index (κ2) is 8.10. The van der Waals surface area contributed by atoms with Gasteiger partial charge in [0.05, 0.1) is 17.2 Å². The van der Waals surface area contributed by atoms with Crippen molar-refractivity contribution < 1.29 is 17.7 Å². The Hall–Kier alpha value is -2.15. The molecule has 2 rings (SSSR count). The number of rotatable bonds is 8. The van der Waals surface area contributed by atoms with Gasteiger partial charge in [-0.05, 0) is 25.8 Å². The summed E-state index contributed by atoms with van der Waals surface area (Å²) in [6.45, 7) is 3.76. The molecule has 0 fully saturated rings. The van der Waals surface area contributed by atoms with Crippen molar-refractivity contribution in [1.29, 1.82) is 0 Å². The molecule has 2 aromatic rings. The van der Waals surface area contributed by atoms with Crippen molar-refractivity contribution in [3.8, 4) is 0 Å². The van der Waals surface area contributed by atoms with Crippen LogP contribution in [0.25, 0.3) is 0 Å². The highest BCUT2D eigenvalue weighted by Crippen LogP contribution is 2.14. The maximum atomic E-state index is 12.0. The van der Waals surface area contributed by atoms with Gasteiger partial charge in [-0.1, -0.05) is 35.5 Å². The van der Waals surface area contributed by atoms with Crippen LogP contribution < -0.4 is 5.32 Å². The first kappa shape index (κ1) is 18.2. The summed E-state index contributed by atoms with van der Waals surface area (Å²) in [5.41, 5.74) is 2.47. The number of aromatic nitrogens is 1. The van der Waals surface area contributed by atoms with Gasteiger partial charge in [-0.15, -0.1) is 0 Å². The van der Waals surface area contributed by atoms with Crippen LogP contribution in [0.5, 0.6) is 0 Å². The zero-order valence-corrected chi connectivity index (χ0v) is 14.7. The zero-order chi connectivity index (χ0) is 17.6. The summed E-state index contributed by atoms with van der Waals surface area (Å²) in [5, 5.41) is 6.50. The standard InChI is InChI=1S/C17H22N2O4S/c1-13-16(14(2)23-19-13)8-9-17(20)18-10-11-24(21,22)12-15-6-4-3-5-7-15/h3-7H,8-12H2,1-2H3,(H,18,20). The molecule has 1 aromatic heterocycles. The van der Waals surface area contributed by atoms with Crippen molar-refractivity contribution in [2.24, 2.45) is 0 Å². The first-order valence-electron chi connectivity index (χ1n) is 7.80. The predicted molar refractivity (Wildman–Crippen MR) is 91.2 cm³/mol. The molecule has 130 valence electrons. The number of hydrogen-bond acceptors (Lipinski definition) is 5. The van der Waals surface area contributed by atoms with Crippen LogP contribution in [0.2, 0.25) is 0 Å². The van der Waals surface area contributed by atoms with E-state index < -0.39 is 9.84 Å². The van der Waals surface area contributed by atoms with Crippen molar-refractivity contribution in [2.45, 2.75) is 32.4 Å². The van der Waals surface area contributed by atoms with Gasteiger partial charge in [-0.25, -0.2) is 8.42 Å². The molecule has 0 unspecified atom stereocenters. The molecular weight excluding hydrogens is 328 g/mol. The Morgan fingerprint density at radius 3 is 2.54 bits per heavy atom. The molecule has 0 saturated carbocycles. The van der Waals surface area contributed by atoms with Gasteiger partial charge in [0, 0.05) is 18.5 Å². The van der Waals surface area contributed by atoms with Gasteiger partial charge in [0.1, 0.15) is 5.76 Å². The smallest absolute Gasteiger partial charge is 0.220 e. The molecule has 0 saturated heterocycles. The highest BCUT2D eigenvalue weighted by molar-refractivity contribution is 7.90. The second-order valence-corrected chi connectivity index (χ2v) is 7.91. The number of amides is 1. The maximum absolute atomic E-state index is 12.0. The monoisotopic (exact) mass is 350 g/mol. The Labute approximate surface area is 142 Å². The van der Waals surface area contributed by atoms with Crippen LogP contribution in [-0.4, -0.2) is 31.8 Å². The summed E-state index contributed by atoms with van der Waals surface area (Å²) in [6.07, 6.45) is 0.811. The lowest BCUT2D eigenvalue weighted by Gasteiger charge is -2.07. The van der Waals surface area contributed by atoms with Gasteiger partial charge in [-0.3, -0.25) is 4.79 Å². The van der Waals surface area contributed by atoms with Crippen LogP contribution in [0.3, 0.4) is 0 Å². The van der Waals surface area contributed by atoms with Gasteiger partial charge >= 0.3 is 0 Å². The number of aryl methyl sites for hydroxylation is 2. The lowest BCUT2D eigenvalue weighted by Crippen LogP contribution is -2.29. The number of sulfone groups is 1. The first-order valence-corrected chi connectivity index (χ1v) is 9.62. The molecule has 1 aromatic carbocycles. The Kier molecular flexibility index (Phi) is 6.14. The quantitative estimate of drug-likeness (QED) is 0.786. The van der Waals surface area contributed by atoms with E-state index in [1.54, 1.807) is 24.3 Å². The summed E-state index contributed by atoms with van der Waals surface area (Å²) < 4.78 is 29.1. The minimum absolute atomic E-state index is 0.0111. The third-order valence-corrected chi connectivity index (χ3v) is 5.35. The first-order chi connectivity index (χ1) is 11.4. The molecule has 0 aliphatic rings. The molecule has 0 aliphatic heterocycles. The van der Waals surface area contributed by atoms with Crippen LogP contribution in [0, 0.1) is 13.8 Å². The van der Waals surface area contributed by atoms with Gasteiger partial charge in [-0.2, -0.15) is 0 Å². The summed E-state index contributed by atoms with van der Waals surface area (Å²) >= 11 is 0. The fraction of sp³-hybridized carbons (Fsp3) is 0.412. The Morgan fingerprint density at radius 1 is 1.21 bits per heavy atom. The molecule has 6 nitrogen and oxygen atoms in total. The minimum atomic E-state index is -3.24. The molecule has 1 N–H and O–H groups in total. The van der Waals surface area contributed by atoms with Crippen LogP contribution in [-0.2, 0) is 26.8 Å². The number of hydrogen-bond donors (Lipinski definition) is 1. The average Bonchev–Trinajstić information content (AvgIpc) is 2.84. The van der Waals surface area contributed by atoms with Crippen molar-refractivity contribution in [3.05, 3.63) is 52.9 Å². The summed E-state index contributed by atoms with van der Waals surface area (Å²) in [6, 6.07) is 9.01. The molecule has 0 radical (unpaired) electrons. The number of benzene rings is 1. The summed E-state index contributed by atoms with van der Waals surface area (Å²) in [4.78, 5) is 11.8. The third kappa shape index (κ3) is 5.49. The molecule has 1 heterocycles. The predicted octanol–water partition coefficient (Wildman–Crippen LogP) is 1.96. The SMILES string of the molecule is Cc1noc(C)c1CCC(=O)NCCS(=O)(=O)Cc1ccccc1. The Morgan fingerprint density at radius 2 is 1.92 bits per heavy atom. The second-order valence-electron chi connectivity index (χ2n) is 5.73. The third-order valence-electron chi connectivity index (χ3n) is 3.75. The van der Waals surface area contributed by atoms with E-state index in [0.29, 0.717) is 12.2 Å². The van der Waals surface area contributed by atoms with Gasteiger partial charge < -0.3 is 9.84 Å². The Bertz CT molecular complexity index is 763. The average molecular weight is 350 g/mol. The van der Waals surface area contributed by atoms with Crippen LogP contribution >= 0.6 is 0 Å². The van der Waals surface area contributed by atoms with Crippen molar-refractivity contribution >= 4 is 15.7 Å². The summed E-state index contributed by atoms with van der Waals surface area (Å²) in [7, 11) is -3.24. The largest absolute Gasteiger partial charge is 0.361 e.